The summed E-state index contributed by atoms with van der Waals surface area (Å²) in [6.07, 6.45) is -3.38. The molecule has 0 aromatic heterocycles. The Morgan fingerprint density at radius 1 is 1.29 bits per heavy atom. The first-order chi connectivity index (χ1) is 11.0. The van der Waals surface area contributed by atoms with E-state index in [-0.39, 0.29) is 17.0 Å². The van der Waals surface area contributed by atoms with Gasteiger partial charge in [0.1, 0.15) is 6.54 Å². The molecule has 0 spiro atoms. The van der Waals surface area contributed by atoms with Crippen molar-refractivity contribution >= 4 is 15.9 Å². The lowest BCUT2D eigenvalue weighted by atomic mass is 10.2. The standard InChI is InChI=1S/C14H17F3N2O4S/c1-4-9-19(10-14(15,16)17)13(20)11-5-7-12(8-6-11)24(21,22)18(2)23-3/h4-8H,1,9-10H2,2-3H3. The number of carbonyl (C=O) groups excluding carboxylic acids is 1. The largest absolute Gasteiger partial charge is 0.406 e. The van der Waals surface area contributed by atoms with Crippen LogP contribution in [0.5, 0.6) is 0 Å². The first kappa shape index (κ1) is 20.1. The van der Waals surface area contributed by atoms with Crippen LogP contribution in [0.15, 0.2) is 41.8 Å². The smallest absolute Gasteiger partial charge is 0.326 e. The van der Waals surface area contributed by atoms with Crippen molar-refractivity contribution in [3.63, 3.8) is 0 Å². The van der Waals surface area contributed by atoms with Crippen molar-refractivity contribution in [1.29, 1.82) is 0 Å². The number of carbonyl (C=O) groups is 1. The summed E-state index contributed by atoms with van der Waals surface area (Å²) in [6, 6.07) is 4.53. The molecule has 10 heteroatoms. The zero-order valence-corrected chi connectivity index (χ0v) is 13.9. The number of hydrogen-bond acceptors (Lipinski definition) is 4. The highest BCUT2D eigenvalue weighted by atomic mass is 32.2. The summed E-state index contributed by atoms with van der Waals surface area (Å²) in [7, 11) is -1.55. The van der Waals surface area contributed by atoms with Gasteiger partial charge in [-0.25, -0.2) is 8.42 Å². The van der Waals surface area contributed by atoms with Gasteiger partial charge < -0.3 is 4.90 Å². The third-order valence-corrected chi connectivity index (χ3v) is 4.70. The molecule has 0 saturated carbocycles. The van der Waals surface area contributed by atoms with Gasteiger partial charge in [-0.15, -0.1) is 6.58 Å². The van der Waals surface area contributed by atoms with Gasteiger partial charge in [-0.3, -0.25) is 9.63 Å². The number of amides is 1. The van der Waals surface area contributed by atoms with Crippen LogP contribution in [0, 0.1) is 0 Å². The quantitative estimate of drug-likeness (QED) is 0.547. The number of alkyl halides is 3. The van der Waals surface area contributed by atoms with E-state index >= 15 is 0 Å². The number of benzene rings is 1. The molecule has 6 nitrogen and oxygen atoms in total. The highest BCUT2D eigenvalue weighted by Gasteiger charge is 2.33. The fraction of sp³-hybridized carbons (Fsp3) is 0.357. The van der Waals surface area contributed by atoms with Crippen molar-refractivity contribution in [2.75, 3.05) is 27.2 Å². The van der Waals surface area contributed by atoms with Crippen LogP contribution in [0.2, 0.25) is 0 Å². The molecule has 0 bridgehead atoms. The van der Waals surface area contributed by atoms with Crippen LogP contribution in [0.25, 0.3) is 0 Å². The van der Waals surface area contributed by atoms with E-state index in [9.17, 15) is 26.4 Å². The topological polar surface area (TPSA) is 66.9 Å². The van der Waals surface area contributed by atoms with Crippen LogP contribution in [0.3, 0.4) is 0 Å². The molecule has 1 amide bonds. The Morgan fingerprint density at radius 2 is 1.83 bits per heavy atom. The maximum absolute atomic E-state index is 12.5. The fourth-order valence-electron chi connectivity index (χ4n) is 1.79. The first-order valence-electron chi connectivity index (χ1n) is 6.63. The average Bonchev–Trinajstić information content (AvgIpc) is 2.51. The average molecular weight is 366 g/mol. The summed E-state index contributed by atoms with van der Waals surface area (Å²) < 4.78 is 62.2. The zero-order chi connectivity index (χ0) is 18.5. The molecule has 0 aliphatic heterocycles. The molecular formula is C14H17F3N2O4S. The van der Waals surface area contributed by atoms with Gasteiger partial charge in [-0.05, 0) is 24.3 Å². The van der Waals surface area contributed by atoms with Gasteiger partial charge in [0.25, 0.3) is 15.9 Å². The van der Waals surface area contributed by atoms with Gasteiger partial charge >= 0.3 is 6.18 Å². The molecular weight excluding hydrogens is 349 g/mol. The molecule has 0 saturated heterocycles. The van der Waals surface area contributed by atoms with Gasteiger partial charge in [-0.2, -0.15) is 13.2 Å². The normalized spacial score (nSPS) is 12.2. The second-order valence-corrected chi connectivity index (χ2v) is 6.65. The van der Waals surface area contributed by atoms with E-state index < -0.39 is 28.7 Å². The highest BCUT2D eigenvalue weighted by molar-refractivity contribution is 7.89. The van der Waals surface area contributed by atoms with E-state index in [1.54, 1.807) is 0 Å². The Bertz CT molecular complexity index is 687. The summed E-state index contributed by atoms with van der Waals surface area (Å²) in [5.41, 5.74) is -0.0693. The number of hydroxylamine groups is 1. The molecule has 1 aromatic rings. The fourth-order valence-corrected chi connectivity index (χ4v) is 2.76. The lowest BCUT2D eigenvalue weighted by Crippen LogP contribution is -2.39. The molecule has 0 aliphatic carbocycles. The highest BCUT2D eigenvalue weighted by Crippen LogP contribution is 2.20. The van der Waals surface area contributed by atoms with Gasteiger partial charge in [-0.1, -0.05) is 10.5 Å². The Kier molecular flexibility index (Phi) is 6.52. The maximum Gasteiger partial charge on any atom is 0.406 e. The third-order valence-electron chi connectivity index (χ3n) is 3.00. The third kappa shape index (κ3) is 5.05. The Hall–Kier alpha value is -1.91. The van der Waals surface area contributed by atoms with E-state index in [2.05, 4.69) is 11.4 Å². The predicted octanol–water partition coefficient (Wildman–Crippen LogP) is 2.06. The minimum Gasteiger partial charge on any atom is -0.326 e. The van der Waals surface area contributed by atoms with Gasteiger partial charge in [0.2, 0.25) is 0 Å². The Morgan fingerprint density at radius 3 is 2.25 bits per heavy atom. The van der Waals surface area contributed by atoms with Crippen molar-refractivity contribution < 1.29 is 31.2 Å². The Labute approximate surface area is 138 Å². The molecule has 0 radical (unpaired) electrons. The lowest BCUT2D eigenvalue weighted by molar-refractivity contribution is -0.139. The van der Waals surface area contributed by atoms with Gasteiger partial charge in [0, 0.05) is 19.2 Å². The molecule has 0 fully saturated rings. The van der Waals surface area contributed by atoms with E-state index in [0.717, 1.165) is 24.3 Å². The molecule has 1 rings (SSSR count). The van der Waals surface area contributed by atoms with Crippen molar-refractivity contribution in [2.45, 2.75) is 11.1 Å². The SMILES string of the molecule is C=CCN(CC(F)(F)F)C(=O)c1ccc(S(=O)(=O)N(C)OC)cc1. The zero-order valence-electron chi connectivity index (χ0n) is 13.1. The van der Waals surface area contributed by atoms with E-state index in [1.165, 1.54) is 20.2 Å². The molecule has 0 heterocycles. The summed E-state index contributed by atoms with van der Waals surface area (Å²) in [5.74, 6) is -0.878. The van der Waals surface area contributed by atoms with Gasteiger partial charge in [0.05, 0.1) is 12.0 Å². The van der Waals surface area contributed by atoms with Crippen LogP contribution in [0.4, 0.5) is 13.2 Å². The van der Waals surface area contributed by atoms with Gasteiger partial charge in [0.15, 0.2) is 0 Å². The number of rotatable bonds is 7. The predicted molar refractivity (Wildman–Crippen MR) is 80.6 cm³/mol. The lowest BCUT2D eigenvalue weighted by Gasteiger charge is -2.22. The van der Waals surface area contributed by atoms with Crippen LogP contribution in [-0.2, 0) is 14.9 Å². The van der Waals surface area contributed by atoms with Crippen molar-refractivity contribution in [3.05, 3.63) is 42.5 Å². The van der Waals surface area contributed by atoms with Crippen LogP contribution in [-0.4, -0.2) is 57.1 Å². The van der Waals surface area contributed by atoms with Crippen molar-refractivity contribution in [1.82, 2.24) is 9.37 Å². The maximum atomic E-state index is 12.5. The number of halogens is 3. The number of sulfonamides is 1. The summed E-state index contributed by atoms with van der Waals surface area (Å²) in [4.78, 5) is 17.2. The molecule has 134 valence electrons. The summed E-state index contributed by atoms with van der Waals surface area (Å²) in [5, 5.41) is 0. The summed E-state index contributed by atoms with van der Waals surface area (Å²) >= 11 is 0. The molecule has 24 heavy (non-hydrogen) atoms. The second kappa shape index (κ2) is 7.77. The van der Waals surface area contributed by atoms with E-state index in [0.29, 0.717) is 9.37 Å². The van der Waals surface area contributed by atoms with Crippen molar-refractivity contribution in [3.8, 4) is 0 Å². The number of nitrogens with zero attached hydrogens (tertiary/aromatic N) is 2. The van der Waals surface area contributed by atoms with E-state index in [4.69, 9.17) is 0 Å². The van der Waals surface area contributed by atoms with Crippen LogP contribution >= 0.6 is 0 Å². The number of hydrogen-bond donors (Lipinski definition) is 0. The first-order valence-corrected chi connectivity index (χ1v) is 8.07. The van der Waals surface area contributed by atoms with Crippen molar-refractivity contribution in [2.24, 2.45) is 0 Å². The van der Waals surface area contributed by atoms with Crippen LogP contribution in [0.1, 0.15) is 10.4 Å². The summed E-state index contributed by atoms with van der Waals surface area (Å²) in [6.45, 7) is 1.61. The minimum absolute atomic E-state index is 0.0693. The van der Waals surface area contributed by atoms with Crippen LogP contribution < -0.4 is 0 Å². The molecule has 0 atom stereocenters. The minimum atomic E-state index is -4.55. The molecule has 0 aliphatic rings. The van der Waals surface area contributed by atoms with E-state index in [1.807, 2.05) is 0 Å². The monoisotopic (exact) mass is 366 g/mol. The molecule has 0 N–H and O–H groups in total. The molecule has 1 aromatic carbocycles. The molecule has 0 unspecified atom stereocenters. The Balaban J connectivity index is 3.06. The second-order valence-electron chi connectivity index (χ2n) is 4.71.